The molecule has 2 fully saturated rings. The molecule has 3 amide bonds. The van der Waals surface area contributed by atoms with Crippen molar-refractivity contribution in [3.05, 3.63) is 54.6 Å². The molecule has 0 unspecified atom stereocenters. The third-order valence-corrected chi connectivity index (χ3v) is 8.99. The van der Waals surface area contributed by atoms with E-state index in [9.17, 15) is 22.8 Å². The quantitative estimate of drug-likeness (QED) is 0.481. The molecule has 2 heterocycles. The van der Waals surface area contributed by atoms with E-state index in [0.29, 0.717) is 12.8 Å². The fourth-order valence-corrected chi connectivity index (χ4v) is 6.57. The average molecular weight is 482 g/mol. The van der Waals surface area contributed by atoms with Crippen LogP contribution in [-0.2, 0) is 24.4 Å². The van der Waals surface area contributed by atoms with Gasteiger partial charge in [-0.05, 0) is 35.7 Å². The number of carbonyl (C=O) groups excluding carboxylic acids is 3. The molecular weight excluding hydrogens is 454 g/mol. The summed E-state index contributed by atoms with van der Waals surface area (Å²) in [5.41, 5.74) is 0. The van der Waals surface area contributed by atoms with Gasteiger partial charge in [0.1, 0.15) is 0 Å². The first-order valence-corrected chi connectivity index (χ1v) is 13.1. The number of amides is 3. The van der Waals surface area contributed by atoms with Crippen molar-refractivity contribution in [2.75, 3.05) is 32.7 Å². The second-order valence-electron chi connectivity index (χ2n) is 9.03. The lowest BCUT2D eigenvalue weighted by Crippen LogP contribution is -2.51. The van der Waals surface area contributed by atoms with Crippen LogP contribution in [0.2, 0.25) is 0 Å². The molecular formula is C25H27N3O5S. The van der Waals surface area contributed by atoms with Crippen molar-refractivity contribution in [3.8, 4) is 0 Å². The van der Waals surface area contributed by atoms with Crippen LogP contribution in [0.25, 0.3) is 10.8 Å². The van der Waals surface area contributed by atoms with Gasteiger partial charge in [0.2, 0.25) is 27.7 Å². The van der Waals surface area contributed by atoms with E-state index >= 15 is 0 Å². The maximum atomic E-state index is 13.1. The largest absolute Gasteiger partial charge is 0.340 e. The monoisotopic (exact) mass is 481 g/mol. The maximum Gasteiger partial charge on any atom is 0.243 e. The van der Waals surface area contributed by atoms with Crippen molar-refractivity contribution in [2.24, 2.45) is 11.8 Å². The van der Waals surface area contributed by atoms with E-state index in [-0.39, 0.29) is 73.6 Å². The summed E-state index contributed by atoms with van der Waals surface area (Å²) in [6, 6.07) is 12.7. The Hall–Kier alpha value is -3.04. The normalized spacial score (nSPS) is 23.5. The van der Waals surface area contributed by atoms with Gasteiger partial charge in [-0.15, -0.1) is 0 Å². The van der Waals surface area contributed by atoms with Gasteiger partial charge in [0.15, 0.2) is 0 Å². The highest BCUT2D eigenvalue weighted by atomic mass is 32.2. The molecule has 2 aromatic carbocycles. The summed E-state index contributed by atoms with van der Waals surface area (Å²) in [6.45, 7) is 1.06. The minimum Gasteiger partial charge on any atom is -0.340 e. The second-order valence-corrected chi connectivity index (χ2v) is 11.0. The van der Waals surface area contributed by atoms with Crippen LogP contribution in [0.1, 0.15) is 19.3 Å². The van der Waals surface area contributed by atoms with Crippen molar-refractivity contribution in [1.29, 1.82) is 0 Å². The highest BCUT2D eigenvalue weighted by molar-refractivity contribution is 7.89. The van der Waals surface area contributed by atoms with Gasteiger partial charge < -0.3 is 4.90 Å². The Kier molecular flexibility index (Phi) is 5.99. The number of rotatable bonds is 5. The van der Waals surface area contributed by atoms with Gasteiger partial charge in [-0.3, -0.25) is 19.3 Å². The van der Waals surface area contributed by atoms with Crippen LogP contribution < -0.4 is 0 Å². The number of piperazine rings is 1. The second kappa shape index (κ2) is 8.96. The first-order chi connectivity index (χ1) is 16.4. The summed E-state index contributed by atoms with van der Waals surface area (Å²) in [7, 11) is -3.66. The van der Waals surface area contributed by atoms with Gasteiger partial charge in [0.25, 0.3) is 0 Å². The third kappa shape index (κ3) is 4.03. The number of hydrogen-bond acceptors (Lipinski definition) is 5. The standard InChI is InChI=1S/C25H27N3O5S/c29-23(11-12-28-24(30)21-7-3-4-8-22(21)25(28)31)26-13-15-27(16-14-26)34(32,33)20-10-9-18-5-1-2-6-19(18)17-20/h1-6,9-10,17,21-22H,7-8,11-16H2/t21-,22-/m1/s1. The van der Waals surface area contributed by atoms with Crippen LogP contribution in [0.15, 0.2) is 59.5 Å². The number of carbonyl (C=O) groups is 3. The zero-order chi connectivity index (χ0) is 23.9. The van der Waals surface area contributed by atoms with Crippen molar-refractivity contribution in [3.63, 3.8) is 0 Å². The first-order valence-electron chi connectivity index (χ1n) is 11.6. The predicted octanol–water partition coefficient (Wildman–Crippen LogP) is 2.01. The van der Waals surface area contributed by atoms with Gasteiger partial charge in [-0.2, -0.15) is 4.31 Å². The summed E-state index contributed by atoms with van der Waals surface area (Å²) in [4.78, 5) is 41.0. The van der Waals surface area contributed by atoms with Crippen LogP contribution >= 0.6 is 0 Å². The first kappa shape index (κ1) is 22.7. The minimum atomic E-state index is -3.66. The Labute approximate surface area is 198 Å². The molecule has 0 radical (unpaired) electrons. The molecule has 34 heavy (non-hydrogen) atoms. The number of hydrogen-bond donors (Lipinski definition) is 0. The molecule has 2 aliphatic heterocycles. The molecule has 0 spiro atoms. The highest BCUT2D eigenvalue weighted by Crippen LogP contribution is 2.35. The molecule has 0 aromatic heterocycles. The predicted molar refractivity (Wildman–Crippen MR) is 126 cm³/mol. The summed E-state index contributed by atoms with van der Waals surface area (Å²) in [5, 5.41) is 1.83. The van der Waals surface area contributed by atoms with Crippen LogP contribution in [-0.4, -0.2) is 73.0 Å². The lowest BCUT2D eigenvalue weighted by Gasteiger charge is -2.34. The summed E-state index contributed by atoms with van der Waals surface area (Å²) in [5.74, 6) is -1.12. The smallest absolute Gasteiger partial charge is 0.243 e. The van der Waals surface area contributed by atoms with Gasteiger partial charge >= 0.3 is 0 Å². The molecule has 5 rings (SSSR count). The zero-order valence-corrected chi connectivity index (χ0v) is 19.6. The van der Waals surface area contributed by atoms with Crippen molar-refractivity contribution in [1.82, 2.24) is 14.1 Å². The summed E-state index contributed by atoms with van der Waals surface area (Å²) >= 11 is 0. The number of allylic oxidation sites excluding steroid dienone is 2. The number of benzene rings is 2. The Morgan fingerprint density at radius 2 is 1.47 bits per heavy atom. The number of nitrogens with zero attached hydrogens (tertiary/aromatic N) is 3. The van der Waals surface area contributed by atoms with E-state index in [1.807, 2.05) is 36.4 Å². The fourth-order valence-electron chi connectivity index (χ4n) is 5.11. The van der Waals surface area contributed by atoms with Gasteiger partial charge in [0.05, 0.1) is 16.7 Å². The molecule has 1 aliphatic carbocycles. The Morgan fingerprint density at radius 1 is 0.853 bits per heavy atom. The minimum absolute atomic E-state index is 0.0573. The van der Waals surface area contributed by atoms with E-state index in [4.69, 9.17) is 0 Å². The topological polar surface area (TPSA) is 95.1 Å². The van der Waals surface area contributed by atoms with Crippen molar-refractivity contribution < 1.29 is 22.8 Å². The summed E-state index contributed by atoms with van der Waals surface area (Å²) < 4.78 is 27.7. The molecule has 0 N–H and O–H groups in total. The fraction of sp³-hybridized carbons (Fsp3) is 0.400. The average Bonchev–Trinajstić information content (AvgIpc) is 3.11. The van der Waals surface area contributed by atoms with Crippen molar-refractivity contribution >= 4 is 38.5 Å². The SMILES string of the molecule is O=C(CCN1C(=O)[C@@H]2CC=CC[C@H]2C1=O)N1CCN(S(=O)(=O)c2ccc3ccccc3c2)CC1. The van der Waals surface area contributed by atoms with Crippen LogP contribution in [0.5, 0.6) is 0 Å². The van der Waals surface area contributed by atoms with Gasteiger partial charge in [-0.25, -0.2) is 8.42 Å². The molecule has 178 valence electrons. The molecule has 2 atom stereocenters. The molecule has 0 bridgehead atoms. The summed E-state index contributed by atoms with van der Waals surface area (Å²) in [6.07, 6.45) is 5.08. The molecule has 2 saturated heterocycles. The molecule has 9 heteroatoms. The van der Waals surface area contributed by atoms with E-state index < -0.39 is 10.0 Å². The maximum absolute atomic E-state index is 13.1. The third-order valence-electron chi connectivity index (χ3n) is 7.10. The Balaban J connectivity index is 1.17. The van der Waals surface area contributed by atoms with Crippen LogP contribution in [0, 0.1) is 11.8 Å². The van der Waals surface area contributed by atoms with E-state index in [1.165, 1.54) is 9.21 Å². The Bertz CT molecular complexity index is 1250. The molecule has 3 aliphatic rings. The van der Waals surface area contributed by atoms with Crippen molar-refractivity contribution in [2.45, 2.75) is 24.2 Å². The number of fused-ring (bicyclic) bond motifs is 2. The highest BCUT2D eigenvalue weighted by Gasteiger charge is 2.47. The lowest BCUT2D eigenvalue weighted by atomic mass is 9.85. The molecule has 8 nitrogen and oxygen atoms in total. The Morgan fingerprint density at radius 3 is 2.12 bits per heavy atom. The van der Waals surface area contributed by atoms with E-state index in [1.54, 1.807) is 23.1 Å². The van der Waals surface area contributed by atoms with Gasteiger partial charge in [-0.1, -0.05) is 42.5 Å². The van der Waals surface area contributed by atoms with E-state index in [0.717, 1.165) is 10.8 Å². The molecule has 0 saturated carbocycles. The molecule has 2 aromatic rings. The number of imide groups is 1. The van der Waals surface area contributed by atoms with Crippen LogP contribution in [0.3, 0.4) is 0 Å². The van der Waals surface area contributed by atoms with E-state index in [2.05, 4.69) is 0 Å². The lowest BCUT2D eigenvalue weighted by molar-refractivity contribution is -0.141. The number of sulfonamides is 1. The zero-order valence-electron chi connectivity index (χ0n) is 18.8. The number of likely N-dealkylation sites (tertiary alicyclic amines) is 1. The van der Waals surface area contributed by atoms with Gasteiger partial charge in [0, 0.05) is 39.1 Å². The van der Waals surface area contributed by atoms with Crippen LogP contribution in [0.4, 0.5) is 0 Å².